The third kappa shape index (κ3) is 10.6. The van der Waals surface area contributed by atoms with Crippen LogP contribution in [0.1, 0.15) is 75.6 Å². The minimum Gasteiger partial charge on any atom is -0.494 e. The Bertz CT molecular complexity index is 874. The minimum atomic E-state index is -0.315. The molecule has 0 aliphatic carbocycles. The third-order valence-electron chi connectivity index (χ3n) is 5.05. The quantitative estimate of drug-likeness (QED) is 0.194. The second kappa shape index (κ2) is 15.7. The summed E-state index contributed by atoms with van der Waals surface area (Å²) in [5.74, 6) is 1.06. The fraction of sp³-hybridized carbons (Fsp3) is 0.462. The Morgan fingerprint density at radius 3 is 2.15 bits per heavy atom. The van der Waals surface area contributed by atoms with Gasteiger partial charge in [-0.25, -0.2) is 0 Å². The van der Waals surface area contributed by atoms with E-state index >= 15 is 0 Å². The fourth-order valence-corrected chi connectivity index (χ4v) is 3.77. The molecule has 2 aromatic rings. The standard InChI is InChI=1S/C26H35BrN2O3S/c1-3-5-7-9-17-31-22-14-12-21(13-15-22)28-26(33)29-25(30)23-19-20(27)11-16-24(23)32-18-10-8-6-4-2/h11-16,19H,3-10,17-18H2,1-2H3,(H2,28,29,30,33). The van der Waals surface area contributed by atoms with Crippen molar-refractivity contribution in [3.63, 3.8) is 0 Å². The van der Waals surface area contributed by atoms with Gasteiger partial charge in [-0.2, -0.15) is 0 Å². The zero-order valence-electron chi connectivity index (χ0n) is 19.6. The van der Waals surface area contributed by atoms with Gasteiger partial charge < -0.3 is 14.8 Å². The number of nitrogens with one attached hydrogen (secondary N) is 2. The first-order valence-electron chi connectivity index (χ1n) is 11.8. The van der Waals surface area contributed by atoms with Gasteiger partial charge in [-0.1, -0.05) is 68.3 Å². The van der Waals surface area contributed by atoms with Crippen molar-refractivity contribution < 1.29 is 14.3 Å². The number of hydrogen-bond donors (Lipinski definition) is 2. The Hall–Kier alpha value is -2.12. The van der Waals surface area contributed by atoms with Crippen molar-refractivity contribution in [3.05, 3.63) is 52.5 Å². The molecule has 1 amide bonds. The van der Waals surface area contributed by atoms with E-state index in [4.69, 9.17) is 21.7 Å². The molecule has 0 radical (unpaired) electrons. The van der Waals surface area contributed by atoms with Gasteiger partial charge in [-0.15, -0.1) is 0 Å². The van der Waals surface area contributed by atoms with Crippen LogP contribution in [0.3, 0.4) is 0 Å². The predicted octanol–water partition coefficient (Wildman–Crippen LogP) is 7.49. The van der Waals surface area contributed by atoms with Crippen LogP contribution in [-0.2, 0) is 0 Å². The van der Waals surface area contributed by atoms with Crippen molar-refractivity contribution in [1.82, 2.24) is 5.32 Å². The maximum absolute atomic E-state index is 12.8. The predicted molar refractivity (Wildman–Crippen MR) is 144 cm³/mol. The first-order chi connectivity index (χ1) is 16.0. The maximum Gasteiger partial charge on any atom is 0.261 e. The molecule has 0 aliphatic heterocycles. The van der Waals surface area contributed by atoms with Crippen LogP contribution in [0.25, 0.3) is 0 Å². The average molecular weight is 536 g/mol. The molecule has 2 rings (SSSR count). The number of thiocarbonyl (C=S) groups is 1. The van der Waals surface area contributed by atoms with Crippen molar-refractivity contribution in [1.29, 1.82) is 0 Å². The van der Waals surface area contributed by atoms with Crippen molar-refractivity contribution in [2.75, 3.05) is 18.5 Å². The molecule has 0 bridgehead atoms. The number of ether oxygens (including phenoxy) is 2. The van der Waals surface area contributed by atoms with Crippen molar-refractivity contribution >= 4 is 44.9 Å². The number of carbonyl (C=O) groups is 1. The Balaban J connectivity index is 1.86. The SMILES string of the molecule is CCCCCCOc1ccc(NC(=S)NC(=O)c2cc(Br)ccc2OCCCCCC)cc1. The van der Waals surface area contributed by atoms with Gasteiger partial charge in [-0.05, 0) is 67.5 Å². The molecule has 0 spiro atoms. The maximum atomic E-state index is 12.8. The largest absolute Gasteiger partial charge is 0.494 e. The second-order valence-corrected chi connectivity index (χ2v) is 9.22. The Morgan fingerprint density at radius 2 is 1.52 bits per heavy atom. The fourth-order valence-electron chi connectivity index (χ4n) is 3.20. The summed E-state index contributed by atoms with van der Waals surface area (Å²) in [6.45, 7) is 5.67. The highest BCUT2D eigenvalue weighted by Crippen LogP contribution is 2.24. The molecule has 5 nitrogen and oxygen atoms in total. The van der Waals surface area contributed by atoms with Gasteiger partial charge >= 0.3 is 0 Å². The lowest BCUT2D eigenvalue weighted by molar-refractivity contribution is 0.0973. The summed E-state index contributed by atoms with van der Waals surface area (Å²) in [5, 5.41) is 6.01. The molecule has 7 heteroatoms. The Labute approximate surface area is 211 Å². The number of halogens is 1. The lowest BCUT2D eigenvalue weighted by atomic mass is 10.2. The summed E-state index contributed by atoms with van der Waals surface area (Å²) < 4.78 is 12.4. The van der Waals surface area contributed by atoms with E-state index in [0.717, 1.165) is 41.8 Å². The van der Waals surface area contributed by atoms with Gasteiger partial charge in [0.25, 0.3) is 5.91 Å². The number of carbonyl (C=O) groups excluding carboxylic acids is 1. The van der Waals surface area contributed by atoms with Crippen molar-refractivity contribution in [2.45, 2.75) is 65.2 Å². The van der Waals surface area contributed by atoms with Crippen LogP contribution >= 0.6 is 28.1 Å². The molecule has 0 saturated carbocycles. The van der Waals surface area contributed by atoms with Gasteiger partial charge in [0.05, 0.1) is 18.8 Å². The number of anilines is 1. The van der Waals surface area contributed by atoms with E-state index in [-0.39, 0.29) is 11.0 Å². The molecular weight excluding hydrogens is 500 g/mol. The molecule has 0 fully saturated rings. The number of hydrogen-bond acceptors (Lipinski definition) is 4. The van der Waals surface area contributed by atoms with Crippen LogP contribution in [0.5, 0.6) is 11.5 Å². The van der Waals surface area contributed by atoms with Gasteiger partial charge in [0.2, 0.25) is 0 Å². The summed E-state index contributed by atoms with van der Waals surface area (Å²) in [6.07, 6.45) is 9.13. The highest BCUT2D eigenvalue weighted by Gasteiger charge is 2.15. The smallest absolute Gasteiger partial charge is 0.261 e. The van der Waals surface area contributed by atoms with E-state index in [0.29, 0.717) is 17.9 Å². The summed E-state index contributed by atoms with van der Waals surface area (Å²) in [7, 11) is 0. The van der Waals surface area contributed by atoms with Gasteiger partial charge in [0, 0.05) is 10.2 Å². The van der Waals surface area contributed by atoms with Crippen LogP contribution in [0.2, 0.25) is 0 Å². The minimum absolute atomic E-state index is 0.224. The first-order valence-corrected chi connectivity index (χ1v) is 13.0. The number of unbranched alkanes of at least 4 members (excludes halogenated alkanes) is 6. The second-order valence-electron chi connectivity index (χ2n) is 7.89. The number of benzene rings is 2. The van der Waals surface area contributed by atoms with Crippen molar-refractivity contribution in [3.8, 4) is 11.5 Å². The van der Waals surface area contributed by atoms with Crippen molar-refractivity contribution in [2.24, 2.45) is 0 Å². The van der Waals surface area contributed by atoms with Crippen LogP contribution in [0.15, 0.2) is 46.9 Å². The van der Waals surface area contributed by atoms with Crippen LogP contribution in [0.4, 0.5) is 5.69 Å². The molecular formula is C26H35BrN2O3S. The van der Waals surface area contributed by atoms with Crippen LogP contribution < -0.4 is 20.1 Å². The summed E-state index contributed by atoms with van der Waals surface area (Å²) in [5.41, 5.74) is 1.22. The molecule has 0 aromatic heterocycles. The Morgan fingerprint density at radius 1 is 0.879 bits per heavy atom. The normalized spacial score (nSPS) is 10.5. The van der Waals surface area contributed by atoms with E-state index in [1.807, 2.05) is 30.3 Å². The van der Waals surface area contributed by atoms with E-state index in [9.17, 15) is 4.79 Å². The molecule has 2 aromatic carbocycles. The molecule has 0 heterocycles. The van der Waals surface area contributed by atoms with Gasteiger partial charge in [0.15, 0.2) is 5.11 Å². The van der Waals surface area contributed by atoms with E-state index in [1.165, 1.54) is 32.1 Å². The Kier molecular flexibility index (Phi) is 12.9. The topological polar surface area (TPSA) is 59.6 Å². The van der Waals surface area contributed by atoms with E-state index < -0.39 is 0 Å². The zero-order chi connectivity index (χ0) is 23.9. The van der Waals surface area contributed by atoms with E-state index in [2.05, 4.69) is 40.4 Å². The van der Waals surface area contributed by atoms with Gasteiger partial charge in [0.1, 0.15) is 11.5 Å². The molecule has 0 saturated heterocycles. The summed E-state index contributed by atoms with van der Waals surface area (Å²) >= 11 is 8.77. The molecule has 2 N–H and O–H groups in total. The highest BCUT2D eigenvalue weighted by atomic mass is 79.9. The molecule has 0 unspecified atom stereocenters. The van der Waals surface area contributed by atoms with Gasteiger partial charge in [-0.3, -0.25) is 10.1 Å². The highest BCUT2D eigenvalue weighted by molar-refractivity contribution is 9.10. The molecule has 0 atom stereocenters. The third-order valence-corrected chi connectivity index (χ3v) is 5.74. The van der Waals surface area contributed by atoms with E-state index in [1.54, 1.807) is 12.1 Å². The lowest BCUT2D eigenvalue weighted by Crippen LogP contribution is -2.34. The summed E-state index contributed by atoms with van der Waals surface area (Å²) in [4.78, 5) is 12.8. The number of rotatable bonds is 14. The monoisotopic (exact) mass is 534 g/mol. The van der Waals surface area contributed by atoms with Crippen LogP contribution in [-0.4, -0.2) is 24.2 Å². The van der Waals surface area contributed by atoms with Crippen LogP contribution in [0, 0.1) is 0 Å². The first kappa shape index (κ1) is 27.1. The molecule has 180 valence electrons. The average Bonchev–Trinajstić information content (AvgIpc) is 2.80. The summed E-state index contributed by atoms with van der Waals surface area (Å²) in [6, 6.07) is 13.0. The lowest BCUT2D eigenvalue weighted by Gasteiger charge is -2.14. The zero-order valence-corrected chi connectivity index (χ0v) is 22.0. The molecule has 33 heavy (non-hydrogen) atoms. The molecule has 0 aliphatic rings. The number of amides is 1.